The van der Waals surface area contributed by atoms with Gasteiger partial charge in [0.1, 0.15) is 13.2 Å². The molecule has 0 saturated carbocycles. The Hall–Kier alpha value is -1.32. The van der Waals surface area contributed by atoms with Crippen molar-refractivity contribution in [3.05, 3.63) is 36.5 Å². The number of rotatable bonds is 33. The summed E-state index contributed by atoms with van der Waals surface area (Å²) < 4.78 is 28.9. The molecule has 2 N–H and O–H groups in total. The molecule has 5 atom stereocenters. The zero-order valence-electron chi connectivity index (χ0n) is 31.8. The fourth-order valence-electron chi connectivity index (χ4n) is 5.47. The van der Waals surface area contributed by atoms with Gasteiger partial charge in [-0.1, -0.05) is 115 Å². The molecular formula is C39H73N2O7P. The van der Waals surface area contributed by atoms with Crippen molar-refractivity contribution in [1.29, 1.82) is 0 Å². The quantitative estimate of drug-likeness (QED) is 0.0231. The molecular weight excluding hydrogens is 639 g/mol. The molecule has 9 nitrogen and oxygen atoms in total. The molecule has 0 spiro atoms. The molecule has 1 heterocycles. The SMILES string of the molecule is CCCCC/C=C\CC1OC1CCCCCCCC(=O)N[C@@H](COP(=O)([O-])OCC[N+](C)(C)C)[C@H](O)/C=C/CC/C=C\CCCCCCC. The number of nitrogens with zero attached hydrogens (tertiary/aromatic N) is 1. The lowest BCUT2D eigenvalue weighted by atomic mass is 10.1. The van der Waals surface area contributed by atoms with E-state index in [2.05, 4.69) is 43.5 Å². The minimum Gasteiger partial charge on any atom is -0.756 e. The average molecular weight is 713 g/mol. The average Bonchev–Trinajstić information content (AvgIpc) is 3.80. The molecule has 49 heavy (non-hydrogen) atoms. The summed E-state index contributed by atoms with van der Waals surface area (Å²) >= 11 is 0. The molecule has 0 aromatic heterocycles. The van der Waals surface area contributed by atoms with Gasteiger partial charge < -0.3 is 33.6 Å². The van der Waals surface area contributed by atoms with Crippen molar-refractivity contribution < 1.29 is 37.6 Å². The van der Waals surface area contributed by atoms with E-state index in [9.17, 15) is 19.4 Å². The highest BCUT2D eigenvalue weighted by molar-refractivity contribution is 7.45. The summed E-state index contributed by atoms with van der Waals surface area (Å²) in [7, 11) is 1.22. The van der Waals surface area contributed by atoms with E-state index in [0.29, 0.717) is 29.7 Å². The van der Waals surface area contributed by atoms with E-state index in [1.165, 1.54) is 57.8 Å². The van der Waals surface area contributed by atoms with Gasteiger partial charge in [0, 0.05) is 6.42 Å². The minimum atomic E-state index is -4.60. The van der Waals surface area contributed by atoms with Crippen molar-refractivity contribution in [2.45, 2.75) is 167 Å². The number of aliphatic hydroxyl groups is 1. The number of hydrogen-bond acceptors (Lipinski definition) is 7. The van der Waals surface area contributed by atoms with Crippen molar-refractivity contribution in [2.75, 3.05) is 40.9 Å². The summed E-state index contributed by atoms with van der Waals surface area (Å²) in [5.41, 5.74) is 0. The van der Waals surface area contributed by atoms with Gasteiger partial charge >= 0.3 is 0 Å². The second-order valence-electron chi connectivity index (χ2n) is 14.7. The number of likely N-dealkylation sites (N-methyl/N-ethyl adjacent to an activating group) is 1. The summed E-state index contributed by atoms with van der Waals surface area (Å²) in [4.78, 5) is 25.2. The van der Waals surface area contributed by atoms with Crippen LogP contribution in [-0.4, -0.2) is 80.8 Å². The maximum Gasteiger partial charge on any atom is 0.268 e. The first-order valence-corrected chi connectivity index (χ1v) is 20.9. The second-order valence-corrected chi connectivity index (χ2v) is 16.1. The number of nitrogens with one attached hydrogen (secondary N) is 1. The van der Waals surface area contributed by atoms with Gasteiger partial charge in [-0.25, -0.2) is 0 Å². The highest BCUT2D eigenvalue weighted by Gasteiger charge is 2.36. The Balaban J connectivity index is 2.40. The van der Waals surface area contributed by atoms with Crippen LogP contribution in [0.5, 0.6) is 0 Å². The summed E-state index contributed by atoms with van der Waals surface area (Å²) in [5.74, 6) is -0.230. The fourth-order valence-corrected chi connectivity index (χ4v) is 6.19. The molecule has 0 aromatic rings. The van der Waals surface area contributed by atoms with Crippen LogP contribution in [0.3, 0.4) is 0 Å². The number of carbonyl (C=O) groups excluding carboxylic acids is 1. The molecule has 0 bridgehead atoms. The molecule has 3 unspecified atom stereocenters. The molecule has 1 saturated heterocycles. The van der Waals surface area contributed by atoms with Crippen molar-refractivity contribution in [3.8, 4) is 0 Å². The fraction of sp³-hybridized carbons (Fsp3) is 0.821. The van der Waals surface area contributed by atoms with Crippen LogP contribution in [0.15, 0.2) is 36.5 Å². The van der Waals surface area contributed by atoms with E-state index in [1.54, 1.807) is 6.08 Å². The molecule has 1 amide bonds. The maximum atomic E-state index is 12.8. The van der Waals surface area contributed by atoms with Crippen LogP contribution in [-0.2, 0) is 23.1 Å². The highest BCUT2D eigenvalue weighted by Crippen LogP contribution is 2.38. The van der Waals surface area contributed by atoms with Crippen LogP contribution in [0.2, 0.25) is 0 Å². The predicted molar refractivity (Wildman–Crippen MR) is 200 cm³/mol. The zero-order valence-corrected chi connectivity index (χ0v) is 32.7. The molecule has 10 heteroatoms. The third-order valence-electron chi connectivity index (χ3n) is 8.75. The van der Waals surface area contributed by atoms with Gasteiger partial charge in [-0.15, -0.1) is 0 Å². The normalized spacial score (nSPS) is 19.2. The van der Waals surface area contributed by atoms with Crippen LogP contribution in [0, 0.1) is 0 Å². The Morgan fingerprint density at radius 2 is 1.41 bits per heavy atom. The van der Waals surface area contributed by atoms with Gasteiger partial charge in [-0.05, 0) is 57.8 Å². The van der Waals surface area contributed by atoms with Gasteiger partial charge in [0.05, 0.1) is 52.1 Å². The number of quaternary nitrogens is 1. The number of carbonyl (C=O) groups is 1. The Kier molecular flexibility index (Phi) is 26.4. The standard InChI is InChI=1S/C39H73N2O7P/c1-6-8-10-12-14-15-16-17-18-20-24-28-36(42)35(34-47-49(44,45)46-33-32-41(3,4)5)40-39(43)31-27-23-19-22-26-30-38-37(48-38)29-25-21-13-11-9-7-2/h16-17,21,24-25,28,35-38,42H,6-15,18-20,22-23,26-27,29-34H2,1-5H3,(H-,40,43,44,45)/b17-16-,25-21-,28-24+/t35-,36+,37?,38?/m0/s1. The van der Waals surface area contributed by atoms with Crippen molar-refractivity contribution in [1.82, 2.24) is 5.32 Å². The molecule has 1 aliphatic heterocycles. The summed E-state index contributed by atoms with van der Waals surface area (Å²) in [6.45, 7) is 4.52. The molecule has 1 fully saturated rings. The third-order valence-corrected chi connectivity index (χ3v) is 9.71. The van der Waals surface area contributed by atoms with E-state index >= 15 is 0 Å². The lowest BCUT2D eigenvalue weighted by Crippen LogP contribution is -2.45. The summed E-state index contributed by atoms with van der Waals surface area (Å²) in [6.07, 6.45) is 33.5. The monoisotopic (exact) mass is 713 g/mol. The van der Waals surface area contributed by atoms with Crippen molar-refractivity contribution in [2.24, 2.45) is 0 Å². The smallest absolute Gasteiger partial charge is 0.268 e. The number of ether oxygens (including phenoxy) is 1. The number of aliphatic hydroxyl groups excluding tert-OH is 1. The molecule has 286 valence electrons. The largest absolute Gasteiger partial charge is 0.756 e. The molecule has 0 aliphatic carbocycles. The van der Waals surface area contributed by atoms with Gasteiger partial charge in [0.2, 0.25) is 5.91 Å². The van der Waals surface area contributed by atoms with Crippen LogP contribution in [0.25, 0.3) is 0 Å². The number of allylic oxidation sites excluding steroid dienone is 4. The van der Waals surface area contributed by atoms with E-state index in [-0.39, 0.29) is 12.5 Å². The molecule has 0 radical (unpaired) electrons. The topological polar surface area (TPSA) is 120 Å². The third kappa shape index (κ3) is 28.0. The Morgan fingerprint density at radius 1 is 0.816 bits per heavy atom. The Labute approximate surface area is 300 Å². The molecule has 0 aromatic carbocycles. The first-order chi connectivity index (χ1) is 23.5. The number of phosphoric acid groups is 1. The first-order valence-electron chi connectivity index (χ1n) is 19.5. The van der Waals surface area contributed by atoms with E-state index in [0.717, 1.165) is 64.2 Å². The van der Waals surface area contributed by atoms with Crippen molar-refractivity contribution >= 4 is 13.7 Å². The number of epoxide rings is 1. The van der Waals surface area contributed by atoms with Crippen molar-refractivity contribution in [3.63, 3.8) is 0 Å². The Morgan fingerprint density at radius 3 is 2.14 bits per heavy atom. The van der Waals surface area contributed by atoms with E-state index < -0.39 is 26.6 Å². The minimum absolute atomic E-state index is 0.0131. The van der Waals surface area contributed by atoms with Crippen LogP contribution < -0.4 is 10.2 Å². The van der Waals surface area contributed by atoms with Gasteiger partial charge in [0.25, 0.3) is 7.82 Å². The number of hydrogen-bond donors (Lipinski definition) is 2. The van der Waals surface area contributed by atoms with E-state index in [4.69, 9.17) is 13.8 Å². The summed E-state index contributed by atoms with van der Waals surface area (Å²) in [6, 6.07) is -0.913. The van der Waals surface area contributed by atoms with Crippen LogP contribution >= 0.6 is 7.82 Å². The van der Waals surface area contributed by atoms with E-state index in [1.807, 2.05) is 27.2 Å². The molecule has 1 aliphatic rings. The zero-order chi connectivity index (χ0) is 36.2. The lowest BCUT2D eigenvalue weighted by molar-refractivity contribution is -0.870. The maximum absolute atomic E-state index is 12.8. The number of amides is 1. The second kappa shape index (κ2) is 28.3. The lowest BCUT2D eigenvalue weighted by Gasteiger charge is -2.29. The number of unbranched alkanes of at least 4 members (excludes halogenated alkanes) is 13. The van der Waals surface area contributed by atoms with Gasteiger partial charge in [-0.2, -0.15) is 0 Å². The molecule has 1 rings (SSSR count). The van der Waals surface area contributed by atoms with Crippen LogP contribution in [0.4, 0.5) is 0 Å². The van der Waals surface area contributed by atoms with Gasteiger partial charge in [-0.3, -0.25) is 9.36 Å². The first kappa shape index (κ1) is 45.7. The highest BCUT2D eigenvalue weighted by atomic mass is 31.2. The summed E-state index contributed by atoms with van der Waals surface area (Å²) in [5, 5.41) is 13.7. The van der Waals surface area contributed by atoms with Crippen LogP contribution in [0.1, 0.15) is 142 Å². The Bertz CT molecular complexity index is 966. The predicted octanol–water partition coefficient (Wildman–Crippen LogP) is 8.32. The van der Waals surface area contributed by atoms with Gasteiger partial charge in [0.15, 0.2) is 0 Å². The number of phosphoric ester groups is 1.